The fraction of sp³-hybridized carbons (Fsp3) is 0.565. The number of benzene rings is 3. The number of rotatable bonds is 15. The zero-order valence-electron chi connectivity index (χ0n) is 34.0. The van der Waals surface area contributed by atoms with Crippen LogP contribution in [-0.4, -0.2) is 109 Å². The van der Waals surface area contributed by atoms with E-state index in [0.717, 1.165) is 57.9 Å². The standard InChI is InChI=1S/C46H54F3N5O5/c1-4-7-9-27(5-2)22-56-23-31(55)24-57-32-16-28-10-12-36(48)33(6-3)40(28)34(17-32)35-18-39-41-43(42(35)49)51-45(59-26-46-14-8-15-53(46)20-29(47)19-46)52-44(41)54-21-30-11-13-37(50-30)38(54)25-58-39/h3,10,12,16-18,27,29-31,37-38,50,55H,4-5,7-9,11,13-15,19-26H2,1-2H3/t27?,29-,30-,31?,37+,38-,46+/m1/s1. The van der Waals surface area contributed by atoms with Gasteiger partial charge in [0.25, 0.3) is 0 Å². The summed E-state index contributed by atoms with van der Waals surface area (Å²) in [6, 6.07) is 8.14. The minimum absolute atomic E-state index is 0.00498. The van der Waals surface area contributed by atoms with Gasteiger partial charge >= 0.3 is 6.01 Å². The predicted octanol–water partition coefficient (Wildman–Crippen LogP) is 7.34. The summed E-state index contributed by atoms with van der Waals surface area (Å²) in [5.41, 5.74) is -0.124. The van der Waals surface area contributed by atoms with Crippen LogP contribution in [0.3, 0.4) is 0 Å². The summed E-state index contributed by atoms with van der Waals surface area (Å²) in [5.74, 6) is 2.86. The summed E-state index contributed by atoms with van der Waals surface area (Å²) in [5, 5.41) is 15.8. The maximum Gasteiger partial charge on any atom is 0.319 e. The smallest absolute Gasteiger partial charge is 0.319 e. The Morgan fingerprint density at radius 2 is 1.95 bits per heavy atom. The number of nitrogens with one attached hydrogen (secondary N) is 1. The number of anilines is 1. The number of aliphatic hydroxyl groups excluding tert-OH is 1. The van der Waals surface area contributed by atoms with Crippen LogP contribution in [0.4, 0.5) is 19.0 Å². The molecular weight excluding hydrogens is 760 g/mol. The van der Waals surface area contributed by atoms with Crippen molar-refractivity contribution in [2.45, 2.75) is 108 Å². The number of piperazine rings is 1. The van der Waals surface area contributed by atoms with Gasteiger partial charge in [-0.1, -0.05) is 45.1 Å². The Labute approximate surface area is 343 Å². The van der Waals surface area contributed by atoms with E-state index in [1.807, 2.05) is 0 Å². The second-order valence-corrected chi connectivity index (χ2v) is 17.3. The molecule has 314 valence electrons. The number of aliphatic hydroxyl groups is 1. The van der Waals surface area contributed by atoms with Gasteiger partial charge in [0, 0.05) is 49.2 Å². The Balaban J connectivity index is 1.11. The van der Waals surface area contributed by atoms with Crippen LogP contribution in [0, 0.1) is 29.9 Å². The van der Waals surface area contributed by atoms with Crippen molar-refractivity contribution in [2.75, 3.05) is 57.6 Å². The van der Waals surface area contributed by atoms with Crippen LogP contribution in [0.25, 0.3) is 32.8 Å². The molecule has 10 nitrogen and oxygen atoms in total. The Bertz CT molecular complexity index is 2260. The number of hydrogen-bond acceptors (Lipinski definition) is 10. The van der Waals surface area contributed by atoms with Gasteiger partial charge in [0.05, 0.1) is 29.1 Å². The second-order valence-electron chi connectivity index (χ2n) is 17.3. The topological polar surface area (TPSA) is 101 Å². The van der Waals surface area contributed by atoms with Crippen LogP contribution in [0.1, 0.15) is 77.2 Å². The van der Waals surface area contributed by atoms with Crippen molar-refractivity contribution < 1.29 is 37.2 Å². The Hall–Kier alpha value is -4.35. The molecule has 2 N–H and O–H groups in total. The van der Waals surface area contributed by atoms with Gasteiger partial charge in [-0.2, -0.15) is 9.97 Å². The van der Waals surface area contributed by atoms with Gasteiger partial charge in [0.1, 0.15) is 60.7 Å². The van der Waals surface area contributed by atoms with Crippen LogP contribution in [-0.2, 0) is 4.74 Å². The highest BCUT2D eigenvalue weighted by molar-refractivity contribution is 6.06. The van der Waals surface area contributed by atoms with E-state index in [-0.39, 0.29) is 66.2 Å². The number of terminal acetylenes is 1. The van der Waals surface area contributed by atoms with E-state index >= 15 is 8.78 Å². The quantitative estimate of drug-likeness (QED) is 0.119. The minimum Gasteiger partial charge on any atom is -0.491 e. The molecule has 4 fully saturated rings. The molecule has 7 atom stereocenters. The van der Waals surface area contributed by atoms with Crippen molar-refractivity contribution in [3.63, 3.8) is 0 Å². The molecule has 6 heterocycles. The molecular formula is C46H54F3N5O5. The van der Waals surface area contributed by atoms with Crippen molar-refractivity contribution in [2.24, 2.45) is 5.92 Å². The summed E-state index contributed by atoms with van der Waals surface area (Å²) < 4.78 is 72.9. The van der Waals surface area contributed by atoms with Crippen molar-refractivity contribution in [3.8, 4) is 41.0 Å². The van der Waals surface area contributed by atoms with Crippen molar-refractivity contribution in [1.29, 1.82) is 0 Å². The van der Waals surface area contributed by atoms with E-state index in [0.29, 0.717) is 72.1 Å². The molecule has 1 aromatic heterocycles. The average molecular weight is 814 g/mol. The lowest BCUT2D eigenvalue weighted by Crippen LogP contribution is -2.60. The Morgan fingerprint density at radius 3 is 2.78 bits per heavy atom. The van der Waals surface area contributed by atoms with Gasteiger partial charge in [-0.25, -0.2) is 13.2 Å². The van der Waals surface area contributed by atoms with Crippen molar-refractivity contribution >= 4 is 27.5 Å². The molecule has 0 saturated carbocycles. The molecule has 9 rings (SSSR count). The molecule has 5 aliphatic heterocycles. The third-order valence-corrected chi connectivity index (χ3v) is 13.4. The molecule has 3 aromatic carbocycles. The summed E-state index contributed by atoms with van der Waals surface area (Å²) >= 11 is 0. The molecule has 2 bridgehead atoms. The maximum atomic E-state index is 17.7. The summed E-state index contributed by atoms with van der Waals surface area (Å²) in [7, 11) is 0. The van der Waals surface area contributed by atoms with Gasteiger partial charge < -0.3 is 34.3 Å². The van der Waals surface area contributed by atoms with E-state index in [1.54, 1.807) is 24.3 Å². The van der Waals surface area contributed by atoms with Crippen molar-refractivity contribution in [1.82, 2.24) is 20.2 Å². The number of alkyl halides is 1. The number of fused-ring (bicyclic) bond motifs is 7. The van der Waals surface area contributed by atoms with Crippen molar-refractivity contribution in [3.05, 3.63) is 47.5 Å². The monoisotopic (exact) mass is 813 g/mol. The third-order valence-electron chi connectivity index (χ3n) is 13.4. The highest BCUT2D eigenvalue weighted by Crippen LogP contribution is 2.47. The number of aromatic nitrogens is 2. The van der Waals surface area contributed by atoms with Gasteiger partial charge in [-0.05, 0) is 79.8 Å². The molecule has 0 spiro atoms. The molecule has 0 aliphatic carbocycles. The van der Waals surface area contributed by atoms with Gasteiger partial charge in [-0.3, -0.25) is 4.90 Å². The number of halogens is 3. The van der Waals surface area contributed by atoms with Gasteiger partial charge in [-0.15, -0.1) is 6.42 Å². The lowest BCUT2D eigenvalue weighted by molar-refractivity contribution is -0.00106. The second kappa shape index (κ2) is 16.6. The lowest BCUT2D eigenvalue weighted by Gasteiger charge is -2.40. The number of unbranched alkanes of at least 4 members (excludes halogenated alkanes) is 1. The highest BCUT2D eigenvalue weighted by Gasteiger charge is 2.50. The first-order valence-electron chi connectivity index (χ1n) is 21.5. The van der Waals surface area contributed by atoms with Crippen LogP contribution in [0.2, 0.25) is 0 Å². The molecule has 5 aliphatic rings. The van der Waals surface area contributed by atoms with Crippen LogP contribution in [0.15, 0.2) is 30.3 Å². The van der Waals surface area contributed by atoms with E-state index in [2.05, 4.69) is 34.9 Å². The van der Waals surface area contributed by atoms with E-state index in [1.165, 1.54) is 6.07 Å². The summed E-state index contributed by atoms with van der Waals surface area (Å²) in [6.45, 7) is 7.23. The summed E-state index contributed by atoms with van der Waals surface area (Å²) in [4.78, 5) is 14.1. The molecule has 0 radical (unpaired) electrons. The molecule has 4 saturated heterocycles. The molecule has 59 heavy (non-hydrogen) atoms. The van der Waals surface area contributed by atoms with Crippen LogP contribution >= 0.6 is 0 Å². The zero-order chi connectivity index (χ0) is 40.8. The first kappa shape index (κ1) is 40.1. The molecule has 0 amide bonds. The molecule has 2 unspecified atom stereocenters. The predicted molar refractivity (Wildman–Crippen MR) is 221 cm³/mol. The van der Waals surface area contributed by atoms with Crippen LogP contribution < -0.4 is 24.4 Å². The number of ether oxygens (including phenoxy) is 4. The largest absolute Gasteiger partial charge is 0.491 e. The number of hydrogen-bond donors (Lipinski definition) is 2. The zero-order valence-corrected chi connectivity index (χ0v) is 34.0. The highest BCUT2D eigenvalue weighted by atomic mass is 19.1. The van der Waals surface area contributed by atoms with Gasteiger partial charge in [0.2, 0.25) is 0 Å². The van der Waals surface area contributed by atoms with Gasteiger partial charge in [0.15, 0.2) is 5.82 Å². The lowest BCUT2D eigenvalue weighted by atomic mass is 9.92. The normalized spacial score (nSPS) is 25.7. The fourth-order valence-electron chi connectivity index (χ4n) is 10.3. The molecule has 13 heteroatoms. The number of nitrogens with zero attached hydrogens (tertiary/aromatic N) is 4. The fourth-order valence-corrected chi connectivity index (χ4v) is 10.3. The first-order chi connectivity index (χ1) is 28.7. The third kappa shape index (κ3) is 7.55. The van der Waals surface area contributed by atoms with Crippen LogP contribution in [0.5, 0.6) is 17.5 Å². The Morgan fingerprint density at radius 1 is 1.07 bits per heavy atom. The Kier molecular flexibility index (Phi) is 11.3. The SMILES string of the molecule is C#Cc1c(F)ccc2cc(OCC(O)COCC(CC)CCCC)cc(-c3cc4c5c(nc(OC[C@@]67CCCN6C[C@H](F)C7)nc5c3F)N3C[C@H]5CC[C@H](N5)[C@H]3CO4)c12. The molecule has 4 aromatic rings. The maximum absolute atomic E-state index is 17.7. The first-order valence-corrected chi connectivity index (χ1v) is 21.5. The average Bonchev–Trinajstić information content (AvgIpc) is 3.88. The minimum atomic E-state index is -0.935. The van der Waals surface area contributed by atoms with E-state index in [4.69, 9.17) is 35.3 Å². The van der Waals surface area contributed by atoms with E-state index in [9.17, 15) is 9.50 Å². The summed E-state index contributed by atoms with van der Waals surface area (Å²) in [6.07, 6.45) is 12.5. The van der Waals surface area contributed by atoms with E-state index < -0.39 is 29.4 Å².